The first-order valence-corrected chi connectivity index (χ1v) is 8.11. The van der Waals surface area contributed by atoms with Crippen molar-refractivity contribution in [2.75, 3.05) is 25.1 Å². The molecule has 0 saturated heterocycles. The molecule has 0 bridgehead atoms. The highest BCUT2D eigenvalue weighted by atomic mass is 16.5. The Hall–Kier alpha value is -2.73. The minimum absolute atomic E-state index is 0.108. The van der Waals surface area contributed by atoms with Crippen molar-refractivity contribution in [3.05, 3.63) is 48.5 Å². The lowest BCUT2D eigenvalue weighted by atomic mass is 10.3. The van der Waals surface area contributed by atoms with Crippen LogP contribution >= 0.6 is 0 Å². The number of ether oxygens (including phenoxy) is 3. The minimum Gasteiger partial charge on any atom is -0.494 e. The number of carbonyl (C=O) groups is 1. The molecule has 0 spiro atoms. The number of rotatable bonds is 9. The van der Waals surface area contributed by atoms with Gasteiger partial charge in [0.05, 0.1) is 6.61 Å². The van der Waals surface area contributed by atoms with Gasteiger partial charge in [0.2, 0.25) is 5.91 Å². The highest BCUT2D eigenvalue weighted by Gasteiger charge is 2.07. The van der Waals surface area contributed by atoms with E-state index in [4.69, 9.17) is 14.2 Å². The minimum atomic E-state index is -0.762. The molecule has 6 nitrogen and oxygen atoms in total. The Morgan fingerprint density at radius 1 is 0.920 bits per heavy atom. The van der Waals surface area contributed by atoms with Crippen LogP contribution in [0, 0.1) is 0 Å². The van der Waals surface area contributed by atoms with E-state index in [1.165, 1.54) is 6.92 Å². The molecule has 0 aliphatic heterocycles. The Bertz CT molecular complexity index is 655. The summed E-state index contributed by atoms with van der Waals surface area (Å²) in [6.07, 6.45) is -0.762. The Morgan fingerprint density at radius 2 is 1.36 bits per heavy atom. The van der Waals surface area contributed by atoms with E-state index >= 15 is 0 Å². The average Bonchev–Trinajstić information content (AvgIpc) is 2.60. The quantitative estimate of drug-likeness (QED) is 0.731. The third-order valence-corrected chi connectivity index (χ3v) is 3.19. The van der Waals surface area contributed by atoms with Crippen LogP contribution in [-0.4, -0.2) is 36.9 Å². The molecule has 0 unspecified atom stereocenters. The van der Waals surface area contributed by atoms with Gasteiger partial charge in [-0.3, -0.25) is 4.79 Å². The first-order valence-electron chi connectivity index (χ1n) is 8.11. The van der Waals surface area contributed by atoms with Gasteiger partial charge in [-0.2, -0.15) is 0 Å². The summed E-state index contributed by atoms with van der Waals surface area (Å²) in [6.45, 7) is 4.22. The van der Waals surface area contributed by atoms with Gasteiger partial charge in [-0.1, -0.05) is 0 Å². The third-order valence-electron chi connectivity index (χ3n) is 3.19. The zero-order valence-electron chi connectivity index (χ0n) is 14.4. The molecule has 2 rings (SSSR count). The Kier molecular flexibility index (Phi) is 7.10. The van der Waals surface area contributed by atoms with Gasteiger partial charge >= 0.3 is 0 Å². The Labute approximate surface area is 147 Å². The molecule has 0 aliphatic rings. The lowest BCUT2D eigenvalue weighted by Crippen LogP contribution is -2.25. The normalized spacial score (nSPS) is 11.5. The van der Waals surface area contributed by atoms with Gasteiger partial charge in [0, 0.05) is 12.6 Å². The summed E-state index contributed by atoms with van der Waals surface area (Å²) in [5.41, 5.74) is 0.694. The van der Waals surface area contributed by atoms with Crippen molar-refractivity contribution < 1.29 is 24.1 Å². The van der Waals surface area contributed by atoms with Crippen molar-refractivity contribution in [2.24, 2.45) is 0 Å². The topological polar surface area (TPSA) is 77.0 Å². The van der Waals surface area contributed by atoms with E-state index in [2.05, 4.69) is 5.32 Å². The molecular formula is C19H23NO5. The second-order valence-electron chi connectivity index (χ2n) is 5.39. The van der Waals surface area contributed by atoms with Gasteiger partial charge in [0.15, 0.2) is 0 Å². The summed E-state index contributed by atoms with van der Waals surface area (Å²) >= 11 is 0. The molecule has 0 fully saturated rings. The number of hydrogen-bond donors (Lipinski definition) is 2. The predicted octanol–water partition coefficient (Wildman–Crippen LogP) is 2.86. The van der Waals surface area contributed by atoms with E-state index in [0.717, 1.165) is 5.75 Å². The van der Waals surface area contributed by atoms with E-state index in [0.29, 0.717) is 23.8 Å². The maximum absolute atomic E-state index is 11.0. The summed E-state index contributed by atoms with van der Waals surface area (Å²) in [5.74, 6) is 1.91. The zero-order chi connectivity index (χ0) is 18.1. The molecule has 2 aromatic rings. The molecule has 0 heterocycles. The number of carbonyl (C=O) groups excluding carboxylic acids is 1. The highest BCUT2D eigenvalue weighted by Crippen LogP contribution is 2.18. The summed E-state index contributed by atoms with van der Waals surface area (Å²) in [7, 11) is 0. The fourth-order valence-corrected chi connectivity index (χ4v) is 2.07. The molecule has 0 saturated carbocycles. The standard InChI is InChI=1S/C19H23NO5/c1-3-23-17-8-10-19(11-9-17)25-13-16(22)12-24-18-6-4-15(5-7-18)20-14(2)21/h4-11,16,22H,3,12-13H2,1-2H3,(H,20,21)/t16-/m1/s1. The van der Waals surface area contributed by atoms with Gasteiger partial charge in [-0.25, -0.2) is 0 Å². The molecule has 2 aromatic carbocycles. The maximum atomic E-state index is 11.0. The van der Waals surface area contributed by atoms with Crippen LogP contribution in [0.3, 0.4) is 0 Å². The summed E-state index contributed by atoms with van der Waals surface area (Å²) < 4.78 is 16.4. The second kappa shape index (κ2) is 9.54. The lowest BCUT2D eigenvalue weighted by molar-refractivity contribution is -0.114. The number of amides is 1. The maximum Gasteiger partial charge on any atom is 0.221 e. The van der Waals surface area contributed by atoms with Crippen LogP contribution in [0.2, 0.25) is 0 Å². The van der Waals surface area contributed by atoms with Gasteiger partial charge in [-0.15, -0.1) is 0 Å². The Morgan fingerprint density at radius 3 is 1.80 bits per heavy atom. The molecular weight excluding hydrogens is 322 g/mol. The van der Waals surface area contributed by atoms with E-state index in [-0.39, 0.29) is 19.1 Å². The monoisotopic (exact) mass is 345 g/mol. The Balaban J connectivity index is 1.72. The number of hydrogen-bond acceptors (Lipinski definition) is 5. The third kappa shape index (κ3) is 6.73. The van der Waals surface area contributed by atoms with E-state index in [1.54, 1.807) is 36.4 Å². The molecule has 6 heteroatoms. The number of anilines is 1. The molecule has 2 N–H and O–H groups in total. The van der Waals surface area contributed by atoms with Gasteiger partial charge in [0.1, 0.15) is 36.6 Å². The second-order valence-corrected chi connectivity index (χ2v) is 5.39. The van der Waals surface area contributed by atoms with Crippen LogP contribution in [-0.2, 0) is 4.79 Å². The molecule has 0 radical (unpaired) electrons. The van der Waals surface area contributed by atoms with Crippen molar-refractivity contribution in [3.63, 3.8) is 0 Å². The predicted molar refractivity (Wildman–Crippen MR) is 95.4 cm³/mol. The van der Waals surface area contributed by atoms with Crippen LogP contribution in [0.1, 0.15) is 13.8 Å². The van der Waals surface area contributed by atoms with Gasteiger partial charge < -0.3 is 24.6 Å². The van der Waals surface area contributed by atoms with E-state index in [1.807, 2.05) is 19.1 Å². The molecule has 1 amide bonds. The lowest BCUT2D eigenvalue weighted by Gasteiger charge is -2.14. The number of nitrogens with one attached hydrogen (secondary N) is 1. The number of aliphatic hydroxyl groups excluding tert-OH is 1. The largest absolute Gasteiger partial charge is 0.494 e. The van der Waals surface area contributed by atoms with Crippen LogP contribution in [0.4, 0.5) is 5.69 Å². The molecule has 0 aliphatic carbocycles. The van der Waals surface area contributed by atoms with Gasteiger partial charge in [-0.05, 0) is 55.5 Å². The fraction of sp³-hybridized carbons (Fsp3) is 0.316. The summed E-state index contributed by atoms with van der Waals surface area (Å²) in [4.78, 5) is 11.0. The van der Waals surface area contributed by atoms with E-state index in [9.17, 15) is 9.90 Å². The fourth-order valence-electron chi connectivity index (χ4n) is 2.07. The number of benzene rings is 2. The molecule has 134 valence electrons. The van der Waals surface area contributed by atoms with Crippen LogP contribution in [0.25, 0.3) is 0 Å². The average molecular weight is 345 g/mol. The zero-order valence-corrected chi connectivity index (χ0v) is 14.4. The van der Waals surface area contributed by atoms with Crippen molar-refractivity contribution in [3.8, 4) is 17.2 Å². The molecule has 0 aromatic heterocycles. The van der Waals surface area contributed by atoms with Crippen LogP contribution in [0.5, 0.6) is 17.2 Å². The first kappa shape index (κ1) is 18.6. The highest BCUT2D eigenvalue weighted by molar-refractivity contribution is 5.88. The summed E-state index contributed by atoms with van der Waals surface area (Å²) in [5, 5.41) is 12.6. The van der Waals surface area contributed by atoms with Crippen molar-refractivity contribution in [1.82, 2.24) is 0 Å². The smallest absolute Gasteiger partial charge is 0.221 e. The van der Waals surface area contributed by atoms with Crippen molar-refractivity contribution in [2.45, 2.75) is 20.0 Å². The van der Waals surface area contributed by atoms with E-state index < -0.39 is 6.10 Å². The summed E-state index contributed by atoms with van der Waals surface area (Å²) in [6, 6.07) is 14.1. The SMILES string of the molecule is CCOc1ccc(OC[C@H](O)COc2ccc(NC(C)=O)cc2)cc1. The van der Waals surface area contributed by atoms with Crippen molar-refractivity contribution >= 4 is 11.6 Å². The van der Waals surface area contributed by atoms with Crippen LogP contribution < -0.4 is 19.5 Å². The first-order chi connectivity index (χ1) is 12.1. The van der Waals surface area contributed by atoms with Crippen molar-refractivity contribution in [1.29, 1.82) is 0 Å². The van der Waals surface area contributed by atoms with Gasteiger partial charge in [0.25, 0.3) is 0 Å². The van der Waals surface area contributed by atoms with Crippen LogP contribution in [0.15, 0.2) is 48.5 Å². The molecule has 25 heavy (non-hydrogen) atoms. The molecule has 1 atom stereocenters. The number of aliphatic hydroxyl groups is 1.